The summed E-state index contributed by atoms with van der Waals surface area (Å²) in [6, 6.07) is 11.9. The first kappa shape index (κ1) is 20.8. The fraction of sp³-hybridized carbons (Fsp3) is 0.292. The normalized spacial score (nSPS) is 17.7. The van der Waals surface area contributed by atoms with Crippen LogP contribution in [0.2, 0.25) is 0 Å². The molecule has 1 unspecified atom stereocenters. The van der Waals surface area contributed by atoms with Gasteiger partial charge in [0.25, 0.3) is 0 Å². The zero-order valence-corrected chi connectivity index (χ0v) is 18.7. The minimum atomic E-state index is -0.486. The van der Waals surface area contributed by atoms with Crippen LogP contribution in [0.3, 0.4) is 0 Å². The molecule has 164 valence electrons. The van der Waals surface area contributed by atoms with E-state index in [0.29, 0.717) is 11.5 Å². The van der Waals surface area contributed by atoms with Gasteiger partial charge in [0.05, 0.1) is 17.3 Å². The molecule has 1 N–H and O–H groups in total. The first-order valence-corrected chi connectivity index (χ1v) is 11.7. The van der Waals surface area contributed by atoms with E-state index in [0.717, 1.165) is 39.6 Å². The summed E-state index contributed by atoms with van der Waals surface area (Å²) in [4.78, 5) is 27.3. The minimum Gasteiger partial charge on any atom is -0.312 e. The van der Waals surface area contributed by atoms with Crippen LogP contribution in [0.4, 0.5) is 15.9 Å². The molecule has 0 aliphatic carbocycles. The number of hydrogen-bond donors (Lipinski definition) is 1. The average Bonchev–Trinajstić information content (AvgIpc) is 3.45. The van der Waals surface area contributed by atoms with Crippen molar-refractivity contribution in [3.8, 4) is 5.69 Å². The summed E-state index contributed by atoms with van der Waals surface area (Å²) in [5.74, 6) is 1.11. The highest BCUT2D eigenvalue weighted by molar-refractivity contribution is 7.98. The number of benzene rings is 2. The van der Waals surface area contributed by atoms with E-state index in [2.05, 4.69) is 11.4 Å². The second-order valence-corrected chi connectivity index (χ2v) is 9.33. The first-order chi connectivity index (χ1) is 15.4. The van der Waals surface area contributed by atoms with E-state index in [1.54, 1.807) is 28.8 Å². The van der Waals surface area contributed by atoms with Crippen LogP contribution in [0.15, 0.2) is 42.5 Å². The molecule has 3 aromatic rings. The van der Waals surface area contributed by atoms with Gasteiger partial charge in [0.15, 0.2) is 0 Å². The van der Waals surface area contributed by atoms with Crippen LogP contribution in [0.5, 0.6) is 0 Å². The number of aromatic nitrogens is 2. The predicted molar refractivity (Wildman–Crippen MR) is 124 cm³/mol. The summed E-state index contributed by atoms with van der Waals surface area (Å²) in [7, 11) is 0. The molecule has 0 spiro atoms. The summed E-state index contributed by atoms with van der Waals surface area (Å²) < 4.78 is 15.1. The van der Waals surface area contributed by atoms with Crippen molar-refractivity contribution in [2.45, 2.75) is 31.8 Å². The number of nitrogens with one attached hydrogen (secondary N) is 1. The molecule has 1 atom stereocenters. The summed E-state index contributed by atoms with van der Waals surface area (Å²) in [5, 5.41) is 7.87. The van der Waals surface area contributed by atoms with Crippen LogP contribution in [0.1, 0.15) is 28.8 Å². The molecule has 2 amide bonds. The Bertz CT molecular complexity index is 1220. The van der Waals surface area contributed by atoms with E-state index in [4.69, 9.17) is 5.10 Å². The van der Waals surface area contributed by atoms with E-state index in [1.807, 2.05) is 30.7 Å². The largest absolute Gasteiger partial charge is 0.312 e. The molecule has 1 saturated heterocycles. The average molecular weight is 451 g/mol. The van der Waals surface area contributed by atoms with Gasteiger partial charge in [-0.2, -0.15) is 16.9 Å². The van der Waals surface area contributed by atoms with Gasteiger partial charge in [-0.3, -0.25) is 9.59 Å². The van der Waals surface area contributed by atoms with Crippen molar-refractivity contribution < 1.29 is 14.0 Å². The molecule has 0 saturated carbocycles. The van der Waals surface area contributed by atoms with Gasteiger partial charge >= 0.3 is 0 Å². The lowest BCUT2D eigenvalue weighted by Gasteiger charge is -2.17. The Kier molecular flexibility index (Phi) is 5.25. The van der Waals surface area contributed by atoms with Gasteiger partial charge in [0, 0.05) is 35.7 Å². The molecule has 0 radical (unpaired) electrons. The maximum atomic E-state index is 13.2. The van der Waals surface area contributed by atoms with Crippen molar-refractivity contribution in [1.29, 1.82) is 0 Å². The number of halogens is 1. The van der Waals surface area contributed by atoms with Crippen LogP contribution in [-0.4, -0.2) is 28.1 Å². The SMILES string of the molecule is Cc1ccc(-n2nc3c(c2NC(=O)C2CC(=O)N(c4ccc(F)cc4)C2)CSC3)c(C)c1. The van der Waals surface area contributed by atoms with E-state index in [1.165, 1.54) is 12.1 Å². The fourth-order valence-corrected chi connectivity index (χ4v) is 5.37. The van der Waals surface area contributed by atoms with E-state index in [9.17, 15) is 14.0 Å². The van der Waals surface area contributed by atoms with Crippen LogP contribution < -0.4 is 10.2 Å². The van der Waals surface area contributed by atoms with Gasteiger partial charge in [-0.25, -0.2) is 9.07 Å². The summed E-state index contributed by atoms with van der Waals surface area (Å²) >= 11 is 1.77. The van der Waals surface area contributed by atoms with E-state index in [-0.39, 0.29) is 30.6 Å². The van der Waals surface area contributed by atoms with Crippen LogP contribution in [0.25, 0.3) is 5.69 Å². The molecular weight excluding hydrogens is 427 g/mol. The third-order valence-corrected chi connectivity index (χ3v) is 6.98. The standard InChI is InChI=1S/C24H23FN4O2S/c1-14-3-8-21(15(2)9-14)29-23(19-12-32-13-20(19)27-29)26-24(31)16-10-22(30)28(11-16)18-6-4-17(25)5-7-18/h3-9,16H,10-13H2,1-2H3,(H,26,31). The first-order valence-electron chi connectivity index (χ1n) is 10.5. The third kappa shape index (κ3) is 3.68. The smallest absolute Gasteiger partial charge is 0.230 e. The molecule has 1 aromatic heterocycles. The lowest BCUT2D eigenvalue weighted by Crippen LogP contribution is -2.29. The number of carbonyl (C=O) groups excluding carboxylic acids is 2. The summed E-state index contributed by atoms with van der Waals surface area (Å²) in [6.45, 7) is 4.35. The topological polar surface area (TPSA) is 67.2 Å². The second kappa shape index (κ2) is 8.09. The molecule has 0 bridgehead atoms. The lowest BCUT2D eigenvalue weighted by atomic mass is 10.1. The molecule has 6 nitrogen and oxygen atoms in total. The van der Waals surface area contributed by atoms with Gasteiger partial charge in [-0.1, -0.05) is 17.7 Å². The number of anilines is 2. The number of amides is 2. The lowest BCUT2D eigenvalue weighted by molar-refractivity contribution is -0.122. The number of aryl methyl sites for hydroxylation is 2. The number of thioether (sulfide) groups is 1. The van der Waals surface area contributed by atoms with E-state index < -0.39 is 5.92 Å². The Balaban J connectivity index is 1.41. The summed E-state index contributed by atoms with van der Waals surface area (Å²) in [5.41, 5.74) is 5.80. The van der Waals surface area contributed by atoms with E-state index >= 15 is 0 Å². The number of fused-ring (bicyclic) bond motifs is 1. The van der Waals surface area contributed by atoms with Gasteiger partial charge in [-0.05, 0) is 49.7 Å². The predicted octanol–water partition coefficient (Wildman–Crippen LogP) is 4.37. The molecule has 5 rings (SSSR count). The zero-order valence-electron chi connectivity index (χ0n) is 17.9. The quantitative estimate of drug-likeness (QED) is 0.641. The zero-order chi connectivity index (χ0) is 22.4. The second-order valence-electron chi connectivity index (χ2n) is 8.34. The minimum absolute atomic E-state index is 0.123. The maximum Gasteiger partial charge on any atom is 0.230 e. The molecule has 3 heterocycles. The van der Waals surface area contributed by atoms with Crippen LogP contribution >= 0.6 is 11.8 Å². The highest BCUT2D eigenvalue weighted by Gasteiger charge is 2.36. The molecule has 32 heavy (non-hydrogen) atoms. The Morgan fingerprint density at radius 3 is 2.69 bits per heavy atom. The number of hydrogen-bond acceptors (Lipinski definition) is 4. The maximum absolute atomic E-state index is 13.2. The molecule has 1 fully saturated rings. The van der Waals surface area contributed by atoms with Crippen molar-refractivity contribution in [1.82, 2.24) is 9.78 Å². The Labute approximate surface area is 189 Å². The molecule has 2 aromatic carbocycles. The van der Waals surface area contributed by atoms with Crippen molar-refractivity contribution in [2.75, 3.05) is 16.8 Å². The molecule has 2 aliphatic heterocycles. The fourth-order valence-electron chi connectivity index (χ4n) is 4.33. The molecular formula is C24H23FN4O2S. The van der Waals surface area contributed by atoms with Crippen molar-refractivity contribution in [3.63, 3.8) is 0 Å². The number of rotatable bonds is 4. The van der Waals surface area contributed by atoms with Gasteiger partial charge in [0.2, 0.25) is 11.8 Å². The highest BCUT2D eigenvalue weighted by atomic mass is 32.2. The Morgan fingerprint density at radius 2 is 1.94 bits per heavy atom. The number of carbonyl (C=O) groups is 2. The third-order valence-electron chi connectivity index (χ3n) is 6.01. The van der Waals surface area contributed by atoms with Crippen LogP contribution in [-0.2, 0) is 21.1 Å². The number of nitrogens with zero attached hydrogens (tertiary/aromatic N) is 3. The van der Waals surface area contributed by atoms with Gasteiger partial charge < -0.3 is 10.2 Å². The summed E-state index contributed by atoms with van der Waals surface area (Å²) in [6.07, 6.45) is 0.123. The van der Waals surface area contributed by atoms with Crippen molar-refractivity contribution in [2.24, 2.45) is 5.92 Å². The molecule has 2 aliphatic rings. The Morgan fingerprint density at radius 1 is 1.16 bits per heavy atom. The van der Waals surface area contributed by atoms with Gasteiger partial charge in [-0.15, -0.1) is 0 Å². The van der Waals surface area contributed by atoms with Crippen molar-refractivity contribution in [3.05, 3.63) is 70.7 Å². The monoisotopic (exact) mass is 450 g/mol. The highest BCUT2D eigenvalue weighted by Crippen LogP contribution is 2.37. The molecule has 8 heteroatoms. The van der Waals surface area contributed by atoms with Crippen molar-refractivity contribution >= 4 is 35.1 Å². The Hall–Kier alpha value is -3.13. The van der Waals surface area contributed by atoms with Gasteiger partial charge in [0.1, 0.15) is 11.6 Å². The van der Waals surface area contributed by atoms with Crippen LogP contribution in [0, 0.1) is 25.6 Å².